The van der Waals surface area contributed by atoms with Crippen LogP contribution in [0.3, 0.4) is 0 Å². The van der Waals surface area contributed by atoms with Gasteiger partial charge >= 0.3 is 0 Å². The van der Waals surface area contributed by atoms with Crippen molar-refractivity contribution in [1.29, 1.82) is 0 Å². The number of hydrogen-bond acceptors (Lipinski definition) is 2. The Kier molecular flexibility index (Phi) is 6.65. The molecular weight excluding hydrogens is 667 g/mol. The molecular formula is C52H39N3. The highest BCUT2D eigenvalue weighted by atomic mass is 15.0. The van der Waals surface area contributed by atoms with E-state index in [2.05, 4.69) is 196 Å². The van der Waals surface area contributed by atoms with Gasteiger partial charge in [0.1, 0.15) is 0 Å². The lowest BCUT2D eigenvalue weighted by molar-refractivity contribution is 0.660. The SMILES string of the molecule is CC1(C)c2ccccc2-c2ccc(-c3cc(-c4cccc(-n5c6ccccc6c6ccccc65)c4)nc(-c4ccc5c(c4)C(C)(C)c4ccccc4-5)n3)cc21. The summed E-state index contributed by atoms with van der Waals surface area (Å²) in [6, 6.07) is 59.6. The van der Waals surface area contributed by atoms with Crippen LogP contribution in [0, 0.1) is 0 Å². The Morgan fingerprint density at radius 2 is 0.855 bits per heavy atom. The fourth-order valence-corrected chi connectivity index (χ4v) is 9.58. The molecule has 0 N–H and O–H groups in total. The predicted octanol–water partition coefficient (Wildman–Crippen LogP) is 13.2. The maximum Gasteiger partial charge on any atom is 0.160 e. The summed E-state index contributed by atoms with van der Waals surface area (Å²) in [5, 5.41) is 2.50. The van der Waals surface area contributed by atoms with Crippen molar-refractivity contribution in [2.24, 2.45) is 0 Å². The minimum absolute atomic E-state index is 0.113. The molecule has 0 amide bonds. The smallest absolute Gasteiger partial charge is 0.160 e. The number of aromatic nitrogens is 3. The van der Waals surface area contributed by atoms with E-state index >= 15 is 0 Å². The highest BCUT2D eigenvalue weighted by molar-refractivity contribution is 6.09. The Hall–Kier alpha value is -6.58. The van der Waals surface area contributed by atoms with Crippen LogP contribution < -0.4 is 0 Å². The summed E-state index contributed by atoms with van der Waals surface area (Å²) in [4.78, 5) is 10.8. The molecule has 55 heavy (non-hydrogen) atoms. The van der Waals surface area contributed by atoms with Gasteiger partial charge in [0.2, 0.25) is 0 Å². The van der Waals surface area contributed by atoms with Crippen molar-refractivity contribution in [3.8, 4) is 61.8 Å². The second-order valence-electron chi connectivity index (χ2n) is 16.2. The molecule has 11 rings (SSSR count). The van der Waals surface area contributed by atoms with Crippen molar-refractivity contribution in [3.63, 3.8) is 0 Å². The van der Waals surface area contributed by atoms with Crippen LogP contribution in [0.5, 0.6) is 0 Å². The molecule has 2 aliphatic rings. The summed E-state index contributed by atoms with van der Waals surface area (Å²) in [5.41, 5.74) is 18.8. The van der Waals surface area contributed by atoms with Gasteiger partial charge in [-0.2, -0.15) is 0 Å². The molecule has 0 fully saturated rings. The summed E-state index contributed by atoms with van der Waals surface area (Å²) >= 11 is 0. The maximum absolute atomic E-state index is 5.38. The molecule has 0 aliphatic heterocycles. The summed E-state index contributed by atoms with van der Waals surface area (Å²) in [6.07, 6.45) is 0. The Balaban J connectivity index is 1.11. The van der Waals surface area contributed by atoms with Crippen LogP contribution in [0.1, 0.15) is 49.9 Å². The zero-order valence-corrected chi connectivity index (χ0v) is 31.4. The number of para-hydroxylation sites is 2. The number of benzene rings is 7. The largest absolute Gasteiger partial charge is 0.309 e. The third-order valence-electron chi connectivity index (χ3n) is 12.4. The zero-order chi connectivity index (χ0) is 37.1. The molecule has 2 aromatic heterocycles. The van der Waals surface area contributed by atoms with E-state index in [1.165, 1.54) is 66.3 Å². The average molecular weight is 706 g/mol. The van der Waals surface area contributed by atoms with Gasteiger partial charge in [-0.1, -0.05) is 149 Å². The highest BCUT2D eigenvalue weighted by Crippen LogP contribution is 2.51. The normalized spacial score (nSPS) is 14.5. The van der Waals surface area contributed by atoms with Gasteiger partial charge in [0, 0.05) is 44.0 Å². The fraction of sp³-hybridized carbons (Fsp3) is 0.115. The third kappa shape index (κ3) is 4.63. The first-order valence-corrected chi connectivity index (χ1v) is 19.2. The van der Waals surface area contributed by atoms with E-state index in [9.17, 15) is 0 Å². The Labute approximate surface area is 321 Å². The number of hydrogen-bond donors (Lipinski definition) is 0. The molecule has 0 spiro atoms. The van der Waals surface area contributed by atoms with E-state index in [-0.39, 0.29) is 10.8 Å². The van der Waals surface area contributed by atoms with Crippen molar-refractivity contribution >= 4 is 21.8 Å². The molecule has 9 aromatic rings. The molecule has 3 heteroatoms. The van der Waals surface area contributed by atoms with Crippen LogP contribution in [0.25, 0.3) is 83.6 Å². The number of nitrogens with zero attached hydrogens (tertiary/aromatic N) is 3. The van der Waals surface area contributed by atoms with Crippen LogP contribution in [-0.4, -0.2) is 14.5 Å². The van der Waals surface area contributed by atoms with Crippen LogP contribution in [0.2, 0.25) is 0 Å². The van der Waals surface area contributed by atoms with Crippen molar-refractivity contribution in [3.05, 3.63) is 186 Å². The second kappa shape index (κ2) is 11.5. The van der Waals surface area contributed by atoms with Crippen molar-refractivity contribution < 1.29 is 0 Å². The van der Waals surface area contributed by atoms with E-state index in [0.29, 0.717) is 0 Å². The van der Waals surface area contributed by atoms with E-state index in [1.54, 1.807) is 0 Å². The van der Waals surface area contributed by atoms with Gasteiger partial charge in [-0.25, -0.2) is 9.97 Å². The first-order chi connectivity index (χ1) is 26.8. The van der Waals surface area contributed by atoms with Crippen molar-refractivity contribution in [2.45, 2.75) is 38.5 Å². The second-order valence-corrected chi connectivity index (χ2v) is 16.2. The Morgan fingerprint density at radius 3 is 1.45 bits per heavy atom. The Bertz CT molecular complexity index is 2870. The third-order valence-corrected chi connectivity index (χ3v) is 12.4. The first-order valence-electron chi connectivity index (χ1n) is 19.2. The van der Waals surface area contributed by atoms with E-state index in [4.69, 9.17) is 9.97 Å². The van der Waals surface area contributed by atoms with E-state index < -0.39 is 0 Å². The molecule has 262 valence electrons. The summed E-state index contributed by atoms with van der Waals surface area (Å²) < 4.78 is 2.37. The first kappa shape index (κ1) is 31.9. The van der Waals surface area contributed by atoms with Crippen LogP contribution in [0.15, 0.2) is 164 Å². The Morgan fingerprint density at radius 1 is 0.382 bits per heavy atom. The highest BCUT2D eigenvalue weighted by Gasteiger charge is 2.37. The van der Waals surface area contributed by atoms with E-state index in [0.717, 1.165) is 39.6 Å². The van der Waals surface area contributed by atoms with Crippen LogP contribution in [-0.2, 0) is 10.8 Å². The molecule has 0 bridgehead atoms. The van der Waals surface area contributed by atoms with Gasteiger partial charge in [-0.05, 0) is 87.0 Å². The van der Waals surface area contributed by atoms with Crippen molar-refractivity contribution in [1.82, 2.24) is 14.5 Å². The molecule has 2 aliphatic carbocycles. The predicted molar refractivity (Wildman–Crippen MR) is 228 cm³/mol. The van der Waals surface area contributed by atoms with Gasteiger partial charge in [0.25, 0.3) is 0 Å². The van der Waals surface area contributed by atoms with Crippen LogP contribution in [0.4, 0.5) is 0 Å². The van der Waals surface area contributed by atoms with Gasteiger partial charge in [0.15, 0.2) is 5.82 Å². The van der Waals surface area contributed by atoms with E-state index in [1.807, 2.05) is 0 Å². The monoisotopic (exact) mass is 705 g/mol. The molecule has 2 heterocycles. The molecule has 0 saturated heterocycles. The summed E-state index contributed by atoms with van der Waals surface area (Å²) in [7, 11) is 0. The molecule has 7 aromatic carbocycles. The summed E-state index contributed by atoms with van der Waals surface area (Å²) in [6.45, 7) is 9.33. The lowest BCUT2D eigenvalue weighted by Gasteiger charge is -2.22. The molecule has 3 nitrogen and oxygen atoms in total. The number of rotatable bonds is 4. The zero-order valence-electron chi connectivity index (χ0n) is 31.4. The standard InChI is InChI=1S/C52H39N3/c1-51(2)42-20-9-5-16-36(42)38-26-24-33(29-44(38)51)47-31-46(53-50(54-47)34-25-27-39-37-17-6-10-21-43(37)52(3,4)45(39)30-34)32-14-13-15-35(28-32)55-48-22-11-7-18-40(48)41-19-8-12-23-49(41)55/h5-31H,1-4H3. The topological polar surface area (TPSA) is 30.7 Å². The molecule has 0 saturated carbocycles. The quantitative estimate of drug-likeness (QED) is 0.182. The lowest BCUT2D eigenvalue weighted by atomic mass is 9.82. The van der Waals surface area contributed by atoms with Gasteiger partial charge in [-0.15, -0.1) is 0 Å². The van der Waals surface area contributed by atoms with Gasteiger partial charge in [0.05, 0.1) is 22.4 Å². The van der Waals surface area contributed by atoms with Gasteiger partial charge in [-0.3, -0.25) is 0 Å². The summed E-state index contributed by atoms with van der Waals surface area (Å²) in [5.74, 6) is 0.729. The molecule has 0 atom stereocenters. The molecule has 0 unspecified atom stereocenters. The average Bonchev–Trinajstić information content (AvgIpc) is 3.77. The van der Waals surface area contributed by atoms with Crippen LogP contribution >= 0.6 is 0 Å². The molecule has 0 radical (unpaired) electrons. The van der Waals surface area contributed by atoms with Gasteiger partial charge < -0.3 is 4.57 Å². The minimum atomic E-state index is -0.125. The van der Waals surface area contributed by atoms with Crippen molar-refractivity contribution in [2.75, 3.05) is 0 Å². The maximum atomic E-state index is 5.38. The number of fused-ring (bicyclic) bond motifs is 9. The fourth-order valence-electron chi connectivity index (χ4n) is 9.58. The lowest BCUT2D eigenvalue weighted by Crippen LogP contribution is -2.15. The minimum Gasteiger partial charge on any atom is -0.309 e.